The molecule has 0 atom stereocenters. The summed E-state index contributed by atoms with van der Waals surface area (Å²) in [6.07, 6.45) is 1.56. The lowest BCUT2D eigenvalue weighted by molar-refractivity contribution is 0.101. The van der Waals surface area contributed by atoms with Crippen molar-refractivity contribution in [3.63, 3.8) is 0 Å². The van der Waals surface area contributed by atoms with Crippen LogP contribution in [0.15, 0.2) is 64.6 Å². The third-order valence-corrected chi connectivity index (χ3v) is 5.37. The van der Waals surface area contributed by atoms with Gasteiger partial charge in [0.05, 0.1) is 11.4 Å². The molecule has 4 rings (SSSR count). The van der Waals surface area contributed by atoms with Gasteiger partial charge < -0.3 is 4.90 Å². The van der Waals surface area contributed by atoms with E-state index in [4.69, 9.17) is 0 Å². The summed E-state index contributed by atoms with van der Waals surface area (Å²) >= 11 is 1.68. The van der Waals surface area contributed by atoms with E-state index >= 15 is 0 Å². The number of ketones is 1. The summed E-state index contributed by atoms with van der Waals surface area (Å²) in [6.45, 7) is 1.60. The standard InChI is InChI=1S/C20H18N4OS/c1-13(25)14-7-6-10-17-20(14)24(15-8-4-5-9-16(15)26-17)19-11-18(23(2)3)21-12-22-19/h4-12H,1-3H3. The third kappa shape index (κ3) is 2.72. The molecule has 3 aromatic rings. The first-order valence-electron chi connectivity index (χ1n) is 8.26. The maximum atomic E-state index is 12.3. The van der Waals surface area contributed by atoms with Gasteiger partial charge in [-0.25, -0.2) is 9.97 Å². The normalized spacial score (nSPS) is 12.3. The van der Waals surface area contributed by atoms with Crippen molar-refractivity contribution < 1.29 is 4.79 Å². The molecule has 0 saturated carbocycles. The van der Waals surface area contributed by atoms with Crippen LogP contribution in [0.3, 0.4) is 0 Å². The summed E-state index contributed by atoms with van der Waals surface area (Å²) in [6, 6.07) is 16.0. The van der Waals surface area contributed by atoms with Crippen molar-refractivity contribution in [2.75, 3.05) is 23.9 Å². The van der Waals surface area contributed by atoms with Gasteiger partial charge in [-0.3, -0.25) is 9.69 Å². The Balaban J connectivity index is 2.00. The molecule has 0 bridgehead atoms. The number of fused-ring (bicyclic) bond motifs is 2. The number of nitrogens with zero attached hydrogens (tertiary/aromatic N) is 4. The maximum absolute atomic E-state index is 12.3. The number of rotatable bonds is 3. The third-order valence-electron chi connectivity index (χ3n) is 4.25. The molecule has 1 aliphatic rings. The molecule has 0 saturated heterocycles. The quantitative estimate of drug-likeness (QED) is 0.493. The summed E-state index contributed by atoms with van der Waals surface area (Å²) in [5.74, 6) is 1.59. The molecule has 0 N–H and O–H groups in total. The van der Waals surface area contributed by atoms with Crippen molar-refractivity contribution in [1.82, 2.24) is 9.97 Å². The molecule has 2 heterocycles. The number of carbonyl (C=O) groups is 1. The molecule has 0 fully saturated rings. The van der Waals surface area contributed by atoms with Crippen LogP contribution in [0.25, 0.3) is 0 Å². The van der Waals surface area contributed by atoms with Crippen molar-refractivity contribution in [2.45, 2.75) is 16.7 Å². The zero-order valence-electron chi connectivity index (χ0n) is 14.8. The number of aromatic nitrogens is 2. The van der Waals surface area contributed by atoms with Crippen molar-refractivity contribution in [1.29, 1.82) is 0 Å². The zero-order valence-corrected chi connectivity index (χ0v) is 15.6. The van der Waals surface area contributed by atoms with E-state index in [1.807, 2.05) is 55.4 Å². The molecule has 0 amide bonds. The highest BCUT2D eigenvalue weighted by Gasteiger charge is 2.29. The van der Waals surface area contributed by atoms with Gasteiger partial charge in [0.15, 0.2) is 5.78 Å². The number of carbonyl (C=O) groups excluding carboxylic acids is 1. The monoisotopic (exact) mass is 362 g/mol. The van der Waals surface area contributed by atoms with E-state index in [9.17, 15) is 4.79 Å². The van der Waals surface area contributed by atoms with E-state index in [1.54, 1.807) is 25.0 Å². The van der Waals surface area contributed by atoms with Crippen LogP contribution in [-0.4, -0.2) is 29.8 Å². The lowest BCUT2D eigenvalue weighted by atomic mass is 10.1. The Morgan fingerprint density at radius 2 is 1.81 bits per heavy atom. The van der Waals surface area contributed by atoms with Crippen LogP contribution in [0.2, 0.25) is 0 Å². The van der Waals surface area contributed by atoms with Gasteiger partial charge in [-0.05, 0) is 31.2 Å². The Labute approximate surface area is 156 Å². The van der Waals surface area contributed by atoms with E-state index in [0.717, 1.165) is 32.8 Å². The van der Waals surface area contributed by atoms with Crippen molar-refractivity contribution in [3.8, 4) is 0 Å². The van der Waals surface area contributed by atoms with Crippen LogP contribution in [0.1, 0.15) is 17.3 Å². The molecule has 1 aromatic heterocycles. The first-order chi connectivity index (χ1) is 12.6. The van der Waals surface area contributed by atoms with Gasteiger partial charge in [0.2, 0.25) is 0 Å². The van der Waals surface area contributed by atoms with Crippen LogP contribution in [0, 0.1) is 0 Å². The molecule has 130 valence electrons. The number of Topliss-reactive ketones (excluding diaryl/α,β-unsaturated/α-hetero) is 1. The molecular formula is C20H18N4OS. The summed E-state index contributed by atoms with van der Waals surface area (Å²) in [7, 11) is 3.89. The van der Waals surface area contributed by atoms with Gasteiger partial charge in [0, 0.05) is 35.5 Å². The average Bonchev–Trinajstić information content (AvgIpc) is 2.65. The van der Waals surface area contributed by atoms with Crippen molar-refractivity contribution in [2.24, 2.45) is 0 Å². The fourth-order valence-corrected chi connectivity index (χ4v) is 4.12. The molecule has 6 heteroatoms. The minimum Gasteiger partial charge on any atom is -0.363 e. The number of para-hydroxylation sites is 2. The van der Waals surface area contributed by atoms with Gasteiger partial charge in [0.25, 0.3) is 0 Å². The minimum absolute atomic E-state index is 0.0359. The fourth-order valence-electron chi connectivity index (χ4n) is 3.03. The van der Waals surface area contributed by atoms with Gasteiger partial charge >= 0.3 is 0 Å². The summed E-state index contributed by atoms with van der Waals surface area (Å²) in [5.41, 5.74) is 2.59. The Morgan fingerprint density at radius 1 is 1.04 bits per heavy atom. The van der Waals surface area contributed by atoms with Gasteiger partial charge in [-0.15, -0.1) is 0 Å². The Morgan fingerprint density at radius 3 is 2.58 bits per heavy atom. The van der Waals surface area contributed by atoms with Crippen LogP contribution < -0.4 is 9.80 Å². The van der Waals surface area contributed by atoms with Crippen LogP contribution in [-0.2, 0) is 0 Å². The second-order valence-electron chi connectivity index (χ2n) is 6.24. The largest absolute Gasteiger partial charge is 0.363 e. The first kappa shape index (κ1) is 16.6. The summed E-state index contributed by atoms with van der Waals surface area (Å²) in [5, 5.41) is 0. The topological polar surface area (TPSA) is 49.3 Å². The predicted octanol–water partition coefficient (Wildman–Crippen LogP) is 4.68. The molecule has 0 radical (unpaired) electrons. The second-order valence-corrected chi connectivity index (χ2v) is 7.33. The molecular weight excluding hydrogens is 344 g/mol. The number of benzene rings is 2. The summed E-state index contributed by atoms with van der Waals surface area (Å²) < 4.78 is 0. The van der Waals surface area contributed by atoms with E-state index < -0.39 is 0 Å². The Hall–Kier alpha value is -2.86. The van der Waals surface area contributed by atoms with Gasteiger partial charge in [-0.1, -0.05) is 30.0 Å². The smallest absolute Gasteiger partial charge is 0.161 e. The predicted molar refractivity (Wildman–Crippen MR) is 105 cm³/mol. The zero-order chi connectivity index (χ0) is 18.3. The number of hydrogen-bond donors (Lipinski definition) is 0. The van der Waals surface area contributed by atoms with Gasteiger partial charge in [-0.2, -0.15) is 0 Å². The highest BCUT2D eigenvalue weighted by molar-refractivity contribution is 7.99. The Bertz CT molecular complexity index is 1000. The summed E-state index contributed by atoms with van der Waals surface area (Å²) in [4.78, 5) is 27.3. The minimum atomic E-state index is 0.0359. The number of anilines is 4. The molecule has 0 unspecified atom stereocenters. The fraction of sp³-hybridized carbons (Fsp3) is 0.150. The SMILES string of the molecule is CC(=O)c1cccc2c1N(c1cc(N(C)C)ncn1)c1ccccc1S2. The van der Waals surface area contributed by atoms with E-state index in [1.165, 1.54) is 0 Å². The molecule has 5 nitrogen and oxygen atoms in total. The van der Waals surface area contributed by atoms with Crippen LogP contribution in [0.4, 0.5) is 23.0 Å². The van der Waals surface area contributed by atoms with E-state index in [-0.39, 0.29) is 5.78 Å². The van der Waals surface area contributed by atoms with Gasteiger partial charge in [0.1, 0.15) is 18.0 Å². The van der Waals surface area contributed by atoms with Crippen LogP contribution >= 0.6 is 11.8 Å². The number of hydrogen-bond acceptors (Lipinski definition) is 6. The highest BCUT2D eigenvalue weighted by atomic mass is 32.2. The molecule has 2 aromatic carbocycles. The van der Waals surface area contributed by atoms with Crippen molar-refractivity contribution in [3.05, 3.63) is 60.4 Å². The lowest BCUT2D eigenvalue weighted by Crippen LogP contribution is -2.20. The Kier molecular flexibility index (Phi) is 4.12. The maximum Gasteiger partial charge on any atom is 0.161 e. The molecule has 0 aliphatic carbocycles. The van der Waals surface area contributed by atoms with Crippen molar-refractivity contribution >= 4 is 40.6 Å². The second kappa shape index (κ2) is 6.46. The highest BCUT2D eigenvalue weighted by Crippen LogP contribution is 2.52. The molecule has 26 heavy (non-hydrogen) atoms. The average molecular weight is 362 g/mol. The molecule has 0 spiro atoms. The molecule has 1 aliphatic heterocycles. The first-order valence-corrected chi connectivity index (χ1v) is 9.08. The van der Waals surface area contributed by atoms with Crippen LogP contribution in [0.5, 0.6) is 0 Å². The van der Waals surface area contributed by atoms with E-state index in [0.29, 0.717) is 5.56 Å². The van der Waals surface area contributed by atoms with E-state index in [2.05, 4.69) is 27.0 Å². The lowest BCUT2D eigenvalue weighted by Gasteiger charge is -2.33.